The molecule has 4 nitrogen and oxygen atoms in total. The SMILES string of the molecule is Cc1ccc(CCNC(=O)c2cc(Cl)ncc2Oc2cccc(C)c2)cc1. The van der Waals surface area contributed by atoms with Crippen LogP contribution in [0, 0.1) is 13.8 Å². The van der Waals surface area contributed by atoms with E-state index in [1.807, 2.05) is 31.2 Å². The van der Waals surface area contributed by atoms with Crippen LogP contribution in [0.4, 0.5) is 0 Å². The Kier molecular flexibility index (Phi) is 6.09. The summed E-state index contributed by atoms with van der Waals surface area (Å²) in [6.45, 7) is 4.55. The Morgan fingerprint density at radius 3 is 2.59 bits per heavy atom. The van der Waals surface area contributed by atoms with Gasteiger partial charge in [-0.2, -0.15) is 0 Å². The summed E-state index contributed by atoms with van der Waals surface area (Å²) in [5, 5.41) is 3.17. The minimum Gasteiger partial charge on any atom is -0.455 e. The number of pyridine rings is 1. The number of rotatable bonds is 6. The molecule has 138 valence electrons. The number of aromatic nitrogens is 1. The summed E-state index contributed by atoms with van der Waals surface area (Å²) >= 11 is 5.99. The maximum atomic E-state index is 12.6. The maximum absolute atomic E-state index is 12.6. The number of halogens is 1. The summed E-state index contributed by atoms with van der Waals surface area (Å²) in [7, 11) is 0. The van der Waals surface area contributed by atoms with Gasteiger partial charge in [-0.25, -0.2) is 4.98 Å². The molecule has 0 atom stereocenters. The fraction of sp³-hybridized carbons (Fsp3) is 0.182. The molecule has 1 amide bonds. The summed E-state index contributed by atoms with van der Waals surface area (Å²) in [5.74, 6) is 0.778. The average molecular weight is 381 g/mol. The molecule has 0 unspecified atom stereocenters. The number of benzene rings is 2. The van der Waals surface area contributed by atoms with Crippen molar-refractivity contribution in [2.24, 2.45) is 0 Å². The molecule has 5 heteroatoms. The molecule has 0 saturated carbocycles. The van der Waals surface area contributed by atoms with E-state index < -0.39 is 0 Å². The molecule has 0 radical (unpaired) electrons. The van der Waals surface area contributed by atoms with Crippen LogP contribution >= 0.6 is 11.6 Å². The molecular formula is C22H21ClN2O2. The number of amides is 1. The van der Waals surface area contributed by atoms with Gasteiger partial charge in [0.15, 0.2) is 5.75 Å². The zero-order chi connectivity index (χ0) is 19.2. The van der Waals surface area contributed by atoms with Gasteiger partial charge in [-0.05, 0) is 49.6 Å². The molecule has 0 bridgehead atoms. The van der Waals surface area contributed by atoms with E-state index in [2.05, 4.69) is 41.5 Å². The van der Waals surface area contributed by atoms with Crippen molar-refractivity contribution in [1.29, 1.82) is 0 Å². The number of carbonyl (C=O) groups is 1. The molecule has 0 saturated heterocycles. The Balaban J connectivity index is 1.69. The smallest absolute Gasteiger partial charge is 0.255 e. The first-order chi connectivity index (χ1) is 13.0. The van der Waals surface area contributed by atoms with Gasteiger partial charge < -0.3 is 10.1 Å². The molecule has 3 aromatic rings. The van der Waals surface area contributed by atoms with Crippen molar-refractivity contribution in [3.8, 4) is 11.5 Å². The lowest BCUT2D eigenvalue weighted by Crippen LogP contribution is -2.26. The minimum atomic E-state index is -0.242. The van der Waals surface area contributed by atoms with E-state index in [-0.39, 0.29) is 11.1 Å². The molecule has 1 aromatic heterocycles. The van der Waals surface area contributed by atoms with Crippen LogP contribution in [0.3, 0.4) is 0 Å². The van der Waals surface area contributed by atoms with Gasteiger partial charge in [0.05, 0.1) is 11.8 Å². The van der Waals surface area contributed by atoms with E-state index in [1.54, 1.807) is 0 Å². The van der Waals surface area contributed by atoms with Crippen molar-refractivity contribution >= 4 is 17.5 Å². The predicted octanol–water partition coefficient (Wildman–Crippen LogP) is 5.12. The number of nitrogens with zero attached hydrogens (tertiary/aromatic N) is 1. The van der Waals surface area contributed by atoms with E-state index in [1.165, 1.54) is 23.4 Å². The quantitative estimate of drug-likeness (QED) is 0.604. The third kappa shape index (κ3) is 5.31. The molecule has 0 aliphatic rings. The third-order valence-corrected chi connectivity index (χ3v) is 4.32. The molecule has 0 fully saturated rings. The van der Waals surface area contributed by atoms with Crippen molar-refractivity contribution in [3.63, 3.8) is 0 Å². The third-order valence-electron chi connectivity index (χ3n) is 4.12. The fourth-order valence-electron chi connectivity index (χ4n) is 2.65. The molecule has 0 aliphatic carbocycles. The van der Waals surface area contributed by atoms with Crippen LogP contribution in [0.2, 0.25) is 5.15 Å². The lowest BCUT2D eigenvalue weighted by Gasteiger charge is -2.12. The van der Waals surface area contributed by atoms with Gasteiger partial charge in [0, 0.05) is 6.54 Å². The largest absolute Gasteiger partial charge is 0.455 e. The van der Waals surface area contributed by atoms with Gasteiger partial charge >= 0.3 is 0 Å². The minimum absolute atomic E-state index is 0.242. The Labute approximate surface area is 164 Å². The summed E-state index contributed by atoms with van der Waals surface area (Å²) < 4.78 is 5.86. The van der Waals surface area contributed by atoms with Gasteiger partial charge in [-0.3, -0.25) is 4.79 Å². The number of nitrogens with one attached hydrogen (secondary N) is 1. The summed E-state index contributed by atoms with van der Waals surface area (Å²) in [4.78, 5) is 16.7. The van der Waals surface area contributed by atoms with Crippen molar-refractivity contribution in [3.05, 3.63) is 88.2 Å². The standard InChI is InChI=1S/C22H21ClN2O2/c1-15-6-8-17(9-7-15)10-11-24-22(26)19-13-21(23)25-14-20(19)27-18-5-3-4-16(2)12-18/h3-9,12-14H,10-11H2,1-2H3,(H,24,26). The van der Waals surface area contributed by atoms with Crippen molar-refractivity contribution in [1.82, 2.24) is 10.3 Å². The number of hydrogen-bond donors (Lipinski definition) is 1. The Morgan fingerprint density at radius 2 is 1.85 bits per heavy atom. The lowest BCUT2D eigenvalue weighted by molar-refractivity contribution is 0.0951. The molecule has 1 heterocycles. The number of aryl methyl sites for hydroxylation is 2. The van der Waals surface area contributed by atoms with Crippen molar-refractivity contribution in [2.45, 2.75) is 20.3 Å². The van der Waals surface area contributed by atoms with E-state index in [0.29, 0.717) is 23.6 Å². The van der Waals surface area contributed by atoms with Gasteiger partial charge in [-0.15, -0.1) is 0 Å². The highest BCUT2D eigenvalue weighted by atomic mass is 35.5. The summed E-state index contributed by atoms with van der Waals surface area (Å²) in [6.07, 6.45) is 2.22. The van der Waals surface area contributed by atoms with Crippen LogP contribution in [-0.2, 0) is 6.42 Å². The molecule has 27 heavy (non-hydrogen) atoms. The first-order valence-electron chi connectivity index (χ1n) is 8.75. The lowest BCUT2D eigenvalue weighted by atomic mass is 10.1. The highest BCUT2D eigenvalue weighted by Gasteiger charge is 2.15. The number of carbonyl (C=O) groups excluding carboxylic acids is 1. The second kappa shape index (κ2) is 8.69. The zero-order valence-corrected chi connectivity index (χ0v) is 16.1. The molecule has 0 aliphatic heterocycles. The second-order valence-corrected chi connectivity index (χ2v) is 6.80. The van der Waals surface area contributed by atoms with Crippen molar-refractivity contribution < 1.29 is 9.53 Å². The fourth-order valence-corrected chi connectivity index (χ4v) is 2.81. The van der Waals surface area contributed by atoms with Crippen LogP contribution in [-0.4, -0.2) is 17.4 Å². The van der Waals surface area contributed by atoms with Crippen LogP contribution < -0.4 is 10.1 Å². The van der Waals surface area contributed by atoms with Gasteiger partial charge in [0.1, 0.15) is 10.9 Å². The Morgan fingerprint density at radius 1 is 1.07 bits per heavy atom. The molecule has 2 aromatic carbocycles. The van der Waals surface area contributed by atoms with Crippen LogP contribution in [0.5, 0.6) is 11.5 Å². The maximum Gasteiger partial charge on any atom is 0.255 e. The van der Waals surface area contributed by atoms with Crippen molar-refractivity contribution in [2.75, 3.05) is 6.54 Å². The number of ether oxygens (including phenoxy) is 1. The predicted molar refractivity (Wildman–Crippen MR) is 108 cm³/mol. The first-order valence-corrected chi connectivity index (χ1v) is 9.13. The topological polar surface area (TPSA) is 51.2 Å². The Bertz CT molecular complexity index is 939. The average Bonchev–Trinajstić information content (AvgIpc) is 2.65. The molecule has 3 rings (SSSR count). The molecular weight excluding hydrogens is 360 g/mol. The van der Waals surface area contributed by atoms with Crippen LogP contribution in [0.25, 0.3) is 0 Å². The highest BCUT2D eigenvalue weighted by molar-refractivity contribution is 6.29. The zero-order valence-electron chi connectivity index (χ0n) is 15.3. The highest BCUT2D eigenvalue weighted by Crippen LogP contribution is 2.27. The first kappa shape index (κ1) is 18.9. The van der Waals surface area contributed by atoms with E-state index >= 15 is 0 Å². The number of hydrogen-bond acceptors (Lipinski definition) is 3. The Hall–Kier alpha value is -2.85. The summed E-state index contributed by atoms with van der Waals surface area (Å²) in [6, 6.07) is 17.4. The molecule has 0 spiro atoms. The monoisotopic (exact) mass is 380 g/mol. The van der Waals surface area contributed by atoms with Crippen LogP contribution in [0.1, 0.15) is 27.0 Å². The van der Waals surface area contributed by atoms with Gasteiger partial charge in [0.2, 0.25) is 0 Å². The molecule has 1 N–H and O–H groups in total. The van der Waals surface area contributed by atoms with E-state index in [4.69, 9.17) is 16.3 Å². The normalized spacial score (nSPS) is 10.5. The van der Waals surface area contributed by atoms with Gasteiger partial charge in [0.25, 0.3) is 5.91 Å². The second-order valence-electron chi connectivity index (χ2n) is 6.41. The van der Waals surface area contributed by atoms with E-state index in [0.717, 1.165) is 12.0 Å². The van der Waals surface area contributed by atoms with Gasteiger partial charge in [-0.1, -0.05) is 53.6 Å². The van der Waals surface area contributed by atoms with E-state index in [9.17, 15) is 4.79 Å². The summed E-state index contributed by atoms with van der Waals surface area (Å²) in [5.41, 5.74) is 3.82. The van der Waals surface area contributed by atoms with Crippen LogP contribution in [0.15, 0.2) is 60.8 Å².